The second kappa shape index (κ2) is 4.18. The van der Waals surface area contributed by atoms with Gasteiger partial charge in [0.15, 0.2) is 0 Å². The average Bonchev–Trinajstić information content (AvgIpc) is 2.47. The molecule has 4 atom stereocenters. The Kier molecular flexibility index (Phi) is 3.18. The molecule has 0 aromatic rings. The standard InChI is InChI=1S/C15H26O/c1-10(2)12-7-8-15(4,16)14-6-5-11(3)13(14)9-12/h9-11,13-14,16H,5-8H2,1-4H3. The van der Waals surface area contributed by atoms with Crippen molar-refractivity contribution in [1.29, 1.82) is 0 Å². The monoisotopic (exact) mass is 222 g/mol. The molecule has 0 saturated heterocycles. The van der Waals surface area contributed by atoms with Crippen LogP contribution < -0.4 is 0 Å². The Hall–Kier alpha value is -0.300. The summed E-state index contributed by atoms with van der Waals surface area (Å²) in [7, 11) is 0. The molecule has 1 fully saturated rings. The number of rotatable bonds is 1. The van der Waals surface area contributed by atoms with E-state index in [4.69, 9.17) is 0 Å². The van der Waals surface area contributed by atoms with Crippen LogP contribution in [0.2, 0.25) is 0 Å². The highest BCUT2D eigenvalue weighted by Crippen LogP contribution is 2.48. The van der Waals surface area contributed by atoms with Gasteiger partial charge in [-0.05, 0) is 56.3 Å². The Morgan fingerprint density at radius 1 is 1.38 bits per heavy atom. The van der Waals surface area contributed by atoms with Crippen molar-refractivity contribution in [3.63, 3.8) is 0 Å². The van der Waals surface area contributed by atoms with Gasteiger partial charge in [0.25, 0.3) is 0 Å². The summed E-state index contributed by atoms with van der Waals surface area (Å²) in [6.45, 7) is 8.96. The maximum atomic E-state index is 10.6. The SMILES string of the molecule is CC(C)C1=CC2C(C)CCC2C(C)(O)CC1. The maximum Gasteiger partial charge on any atom is 0.0656 e. The van der Waals surface area contributed by atoms with Crippen molar-refractivity contribution < 1.29 is 5.11 Å². The van der Waals surface area contributed by atoms with Crippen LogP contribution in [0.25, 0.3) is 0 Å². The van der Waals surface area contributed by atoms with Crippen LogP contribution in [0.4, 0.5) is 0 Å². The minimum Gasteiger partial charge on any atom is -0.390 e. The van der Waals surface area contributed by atoms with Crippen molar-refractivity contribution in [3.8, 4) is 0 Å². The summed E-state index contributed by atoms with van der Waals surface area (Å²) in [4.78, 5) is 0. The highest BCUT2D eigenvalue weighted by Gasteiger charge is 2.44. The molecule has 0 spiro atoms. The van der Waals surface area contributed by atoms with Crippen molar-refractivity contribution >= 4 is 0 Å². The van der Waals surface area contributed by atoms with Crippen molar-refractivity contribution in [3.05, 3.63) is 11.6 Å². The minimum absolute atomic E-state index is 0.442. The van der Waals surface area contributed by atoms with E-state index < -0.39 is 5.60 Å². The van der Waals surface area contributed by atoms with Crippen LogP contribution in [0, 0.1) is 23.7 Å². The number of hydrogen-bond donors (Lipinski definition) is 1. The largest absolute Gasteiger partial charge is 0.390 e. The van der Waals surface area contributed by atoms with E-state index in [1.807, 2.05) is 0 Å². The molecule has 0 radical (unpaired) electrons. The molecule has 0 aliphatic heterocycles. The molecular formula is C15H26O. The van der Waals surface area contributed by atoms with E-state index in [1.165, 1.54) is 12.8 Å². The molecule has 0 bridgehead atoms. The number of hydrogen-bond acceptors (Lipinski definition) is 1. The van der Waals surface area contributed by atoms with E-state index >= 15 is 0 Å². The van der Waals surface area contributed by atoms with Gasteiger partial charge in [0.1, 0.15) is 0 Å². The topological polar surface area (TPSA) is 20.2 Å². The molecule has 2 aliphatic carbocycles. The van der Waals surface area contributed by atoms with Gasteiger partial charge in [-0.15, -0.1) is 0 Å². The third-order valence-corrected chi connectivity index (χ3v) is 4.92. The summed E-state index contributed by atoms with van der Waals surface area (Å²) >= 11 is 0. The Balaban J connectivity index is 2.29. The van der Waals surface area contributed by atoms with E-state index in [9.17, 15) is 5.11 Å². The zero-order chi connectivity index (χ0) is 11.9. The quantitative estimate of drug-likeness (QED) is 0.669. The lowest BCUT2D eigenvalue weighted by Gasteiger charge is -2.32. The molecule has 2 rings (SSSR count). The van der Waals surface area contributed by atoms with Crippen LogP contribution in [-0.4, -0.2) is 10.7 Å². The van der Waals surface area contributed by atoms with E-state index in [0.29, 0.717) is 17.8 Å². The molecule has 92 valence electrons. The maximum absolute atomic E-state index is 10.6. The average molecular weight is 222 g/mol. The van der Waals surface area contributed by atoms with E-state index in [2.05, 4.69) is 33.8 Å². The number of allylic oxidation sites excluding steroid dienone is 2. The second-order valence-corrected chi connectivity index (χ2v) is 6.49. The Bertz CT molecular complexity index is 288. The minimum atomic E-state index is -0.442. The van der Waals surface area contributed by atoms with Gasteiger partial charge in [-0.2, -0.15) is 0 Å². The van der Waals surface area contributed by atoms with Crippen LogP contribution in [0.15, 0.2) is 11.6 Å². The molecule has 4 unspecified atom stereocenters. The summed E-state index contributed by atoms with van der Waals surface area (Å²) in [6.07, 6.45) is 7.04. The summed E-state index contributed by atoms with van der Waals surface area (Å²) in [5.74, 6) is 2.51. The fourth-order valence-electron chi connectivity index (χ4n) is 3.62. The molecule has 0 amide bonds. The van der Waals surface area contributed by atoms with Crippen LogP contribution in [-0.2, 0) is 0 Å². The molecule has 0 aromatic heterocycles. The van der Waals surface area contributed by atoms with Gasteiger partial charge >= 0.3 is 0 Å². The van der Waals surface area contributed by atoms with Crippen molar-refractivity contribution in [1.82, 2.24) is 0 Å². The predicted molar refractivity (Wildman–Crippen MR) is 68.2 cm³/mol. The molecule has 1 N–H and O–H groups in total. The van der Waals surface area contributed by atoms with Gasteiger partial charge in [0.2, 0.25) is 0 Å². The Labute approximate surface area is 99.9 Å². The predicted octanol–water partition coefficient (Wildman–Crippen LogP) is 3.78. The molecule has 2 aliphatic rings. The Morgan fingerprint density at radius 3 is 2.69 bits per heavy atom. The summed E-state index contributed by atoms with van der Waals surface area (Å²) < 4.78 is 0. The molecule has 0 heterocycles. The van der Waals surface area contributed by atoms with E-state index in [1.54, 1.807) is 5.57 Å². The molecular weight excluding hydrogens is 196 g/mol. The zero-order valence-electron chi connectivity index (χ0n) is 11.2. The molecule has 1 nitrogen and oxygen atoms in total. The normalized spacial score (nSPS) is 44.1. The highest BCUT2D eigenvalue weighted by atomic mass is 16.3. The van der Waals surface area contributed by atoms with E-state index in [-0.39, 0.29) is 0 Å². The van der Waals surface area contributed by atoms with Gasteiger partial charge < -0.3 is 5.11 Å². The fourth-order valence-corrected chi connectivity index (χ4v) is 3.62. The summed E-state index contributed by atoms with van der Waals surface area (Å²) in [5, 5.41) is 10.6. The Morgan fingerprint density at radius 2 is 2.06 bits per heavy atom. The lowest BCUT2D eigenvalue weighted by Crippen LogP contribution is -2.36. The van der Waals surface area contributed by atoms with Crippen LogP contribution in [0.3, 0.4) is 0 Å². The number of fused-ring (bicyclic) bond motifs is 1. The fraction of sp³-hybridized carbons (Fsp3) is 0.867. The van der Waals surface area contributed by atoms with Gasteiger partial charge in [-0.25, -0.2) is 0 Å². The molecule has 1 saturated carbocycles. The first kappa shape index (κ1) is 12.2. The summed E-state index contributed by atoms with van der Waals surface area (Å²) in [6, 6.07) is 0. The highest BCUT2D eigenvalue weighted by molar-refractivity contribution is 5.15. The third-order valence-electron chi connectivity index (χ3n) is 4.92. The van der Waals surface area contributed by atoms with Crippen molar-refractivity contribution in [2.24, 2.45) is 23.7 Å². The first-order valence-corrected chi connectivity index (χ1v) is 6.85. The van der Waals surface area contributed by atoms with Crippen molar-refractivity contribution in [2.45, 2.75) is 59.0 Å². The van der Waals surface area contributed by atoms with E-state index in [0.717, 1.165) is 18.8 Å². The summed E-state index contributed by atoms with van der Waals surface area (Å²) in [5.41, 5.74) is 1.13. The molecule has 0 aromatic carbocycles. The molecule has 1 heteroatoms. The molecule has 16 heavy (non-hydrogen) atoms. The van der Waals surface area contributed by atoms with Gasteiger partial charge in [0, 0.05) is 0 Å². The number of aliphatic hydroxyl groups is 1. The van der Waals surface area contributed by atoms with Gasteiger partial charge in [-0.1, -0.05) is 32.4 Å². The second-order valence-electron chi connectivity index (χ2n) is 6.49. The van der Waals surface area contributed by atoms with Crippen molar-refractivity contribution in [2.75, 3.05) is 0 Å². The van der Waals surface area contributed by atoms with Gasteiger partial charge in [0.05, 0.1) is 5.60 Å². The lowest BCUT2D eigenvalue weighted by molar-refractivity contribution is -0.0168. The smallest absolute Gasteiger partial charge is 0.0656 e. The van der Waals surface area contributed by atoms with Gasteiger partial charge in [-0.3, -0.25) is 0 Å². The first-order valence-electron chi connectivity index (χ1n) is 6.85. The first-order chi connectivity index (χ1) is 7.42. The van der Waals surface area contributed by atoms with Crippen LogP contribution in [0.1, 0.15) is 53.4 Å². The van der Waals surface area contributed by atoms with Crippen LogP contribution >= 0.6 is 0 Å². The third kappa shape index (κ3) is 2.07. The zero-order valence-corrected chi connectivity index (χ0v) is 11.2. The van der Waals surface area contributed by atoms with Crippen LogP contribution in [0.5, 0.6) is 0 Å². The lowest BCUT2D eigenvalue weighted by atomic mass is 9.79.